The molecule has 0 fully saturated rings. The van der Waals surface area contributed by atoms with Crippen molar-refractivity contribution in [3.8, 4) is 5.75 Å². The number of nitrogens with zero attached hydrogens (tertiary/aromatic N) is 2. The van der Waals surface area contributed by atoms with Crippen LogP contribution in [0.15, 0.2) is 56.6 Å². The van der Waals surface area contributed by atoms with Crippen LogP contribution in [-0.2, 0) is 6.54 Å². The lowest BCUT2D eigenvalue weighted by Crippen LogP contribution is -2.22. The molecule has 8 heteroatoms. The van der Waals surface area contributed by atoms with Crippen molar-refractivity contribution in [3.63, 3.8) is 0 Å². The minimum absolute atomic E-state index is 0.128. The summed E-state index contributed by atoms with van der Waals surface area (Å²) in [6.07, 6.45) is 1.18. The van der Waals surface area contributed by atoms with Crippen molar-refractivity contribution >= 4 is 16.7 Å². The van der Waals surface area contributed by atoms with Crippen LogP contribution in [0.1, 0.15) is 5.56 Å². The predicted molar refractivity (Wildman–Crippen MR) is 90.1 cm³/mol. The fourth-order valence-electron chi connectivity index (χ4n) is 2.46. The normalized spacial score (nSPS) is 10.8. The summed E-state index contributed by atoms with van der Waals surface area (Å²) in [5.74, 6) is 0.472. The zero-order chi connectivity index (χ0) is 18.0. The largest absolute Gasteiger partial charge is 0.492 e. The molecule has 128 valence electrons. The molecule has 0 aliphatic rings. The standard InChI is InChI=1S/C17H14N2O6/c1-11-8-17(21)25-15-9-13(3-4-14(11)15)24-7-6-18-10-12(19(22)23)2-5-16(18)20/h2-5,8-10H,6-7H2,1H3. The number of aryl methyl sites for hydroxylation is 1. The van der Waals surface area contributed by atoms with Gasteiger partial charge >= 0.3 is 5.63 Å². The molecule has 1 aromatic carbocycles. The molecular weight excluding hydrogens is 328 g/mol. The number of hydrogen-bond donors (Lipinski definition) is 0. The SMILES string of the molecule is Cc1cc(=O)oc2cc(OCCn3cc([N+](=O)[O-])ccc3=O)ccc12. The second-order valence-corrected chi connectivity index (χ2v) is 5.43. The molecule has 0 atom stereocenters. The summed E-state index contributed by atoms with van der Waals surface area (Å²) >= 11 is 0. The van der Waals surface area contributed by atoms with Crippen molar-refractivity contribution in [3.05, 3.63) is 79.0 Å². The first-order valence-electron chi connectivity index (χ1n) is 7.46. The summed E-state index contributed by atoms with van der Waals surface area (Å²) in [5.41, 5.74) is 0.262. The van der Waals surface area contributed by atoms with Gasteiger partial charge in [0.05, 0.1) is 17.7 Å². The van der Waals surface area contributed by atoms with E-state index in [0.29, 0.717) is 11.3 Å². The van der Waals surface area contributed by atoms with Crippen LogP contribution in [0.25, 0.3) is 11.0 Å². The van der Waals surface area contributed by atoms with Crippen LogP contribution in [-0.4, -0.2) is 16.1 Å². The molecule has 3 aromatic rings. The monoisotopic (exact) mass is 342 g/mol. The van der Waals surface area contributed by atoms with Gasteiger partial charge in [0.1, 0.15) is 17.9 Å². The molecule has 25 heavy (non-hydrogen) atoms. The first-order valence-corrected chi connectivity index (χ1v) is 7.46. The highest BCUT2D eigenvalue weighted by molar-refractivity contribution is 5.81. The number of aromatic nitrogens is 1. The minimum atomic E-state index is -0.565. The Morgan fingerprint density at radius 3 is 2.76 bits per heavy atom. The van der Waals surface area contributed by atoms with Crippen LogP contribution >= 0.6 is 0 Å². The summed E-state index contributed by atoms with van der Waals surface area (Å²) in [5, 5.41) is 11.6. The third-order valence-corrected chi connectivity index (χ3v) is 3.70. The van der Waals surface area contributed by atoms with Crippen molar-refractivity contribution in [1.29, 1.82) is 0 Å². The van der Waals surface area contributed by atoms with E-state index in [9.17, 15) is 19.7 Å². The van der Waals surface area contributed by atoms with E-state index in [1.807, 2.05) is 6.92 Å². The summed E-state index contributed by atoms with van der Waals surface area (Å²) in [6, 6.07) is 8.82. The highest BCUT2D eigenvalue weighted by Gasteiger charge is 2.08. The molecule has 0 radical (unpaired) electrons. The van der Waals surface area contributed by atoms with Gasteiger partial charge in [0, 0.05) is 29.7 Å². The van der Waals surface area contributed by atoms with E-state index in [4.69, 9.17) is 9.15 Å². The summed E-state index contributed by atoms with van der Waals surface area (Å²) in [6.45, 7) is 2.09. The lowest BCUT2D eigenvalue weighted by Gasteiger charge is -2.09. The van der Waals surface area contributed by atoms with E-state index in [1.165, 1.54) is 16.8 Å². The Morgan fingerprint density at radius 1 is 1.20 bits per heavy atom. The number of nitro groups is 1. The van der Waals surface area contributed by atoms with Crippen molar-refractivity contribution in [2.24, 2.45) is 0 Å². The molecule has 0 saturated carbocycles. The highest BCUT2D eigenvalue weighted by atomic mass is 16.6. The minimum Gasteiger partial charge on any atom is -0.492 e. The summed E-state index contributed by atoms with van der Waals surface area (Å²) in [4.78, 5) is 33.4. The second-order valence-electron chi connectivity index (χ2n) is 5.43. The van der Waals surface area contributed by atoms with Crippen molar-refractivity contribution < 1.29 is 14.1 Å². The van der Waals surface area contributed by atoms with E-state index < -0.39 is 10.5 Å². The first-order chi connectivity index (χ1) is 11.9. The third-order valence-electron chi connectivity index (χ3n) is 3.70. The van der Waals surface area contributed by atoms with Gasteiger partial charge in [0.15, 0.2) is 0 Å². The van der Waals surface area contributed by atoms with Gasteiger partial charge in [0.2, 0.25) is 0 Å². The molecule has 8 nitrogen and oxygen atoms in total. The molecule has 0 unspecified atom stereocenters. The van der Waals surface area contributed by atoms with Gasteiger partial charge < -0.3 is 13.7 Å². The maximum Gasteiger partial charge on any atom is 0.336 e. The quantitative estimate of drug-likeness (QED) is 0.400. The Labute approximate surface area is 141 Å². The number of benzene rings is 1. The molecule has 0 amide bonds. The van der Waals surface area contributed by atoms with Gasteiger partial charge in [-0.1, -0.05) is 0 Å². The van der Waals surface area contributed by atoms with Crippen LogP contribution in [0.5, 0.6) is 5.75 Å². The number of ether oxygens (including phenoxy) is 1. The molecule has 0 saturated heterocycles. The summed E-state index contributed by atoms with van der Waals surface area (Å²) in [7, 11) is 0. The average Bonchev–Trinajstić information content (AvgIpc) is 2.55. The Hall–Kier alpha value is -3.42. The van der Waals surface area contributed by atoms with Gasteiger partial charge in [-0.25, -0.2) is 4.79 Å². The number of rotatable bonds is 5. The fourth-order valence-corrected chi connectivity index (χ4v) is 2.46. The second kappa shape index (κ2) is 6.60. The fraction of sp³-hybridized carbons (Fsp3) is 0.176. The molecule has 0 bridgehead atoms. The van der Waals surface area contributed by atoms with E-state index in [2.05, 4.69) is 0 Å². The topological polar surface area (TPSA) is 105 Å². The molecular formula is C17H14N2O6. The van der Waals surface area contributed by atoms with Gasteiger partial charge in [-0.2, -0.15) is 0 Å². The van der Waals surface area contributed by atoms with E-state index in [-0.39, 0.29) is 24.4 Å². The zero-order valence-corrected chi connectivity index (χ0v) is 13.3. The van der Waals surface area contributed by atoms with Gasteiger partial charge in [-0.3, -0.25) is 14.9 Å². The number of hydrogen-bond acceptors (Lipinski definition) is 6. The first kappa shape index (κ1) is 16.4. The maximum atomic E-state index is 11.7. The molecule has 3 rings (SSSR count). The smallest absolute Gasteiger partial charge is 0.336 e. The van der Waals surface area contributed by atoms with Crippen molar-refractivity contribution in [2.75, 3.05) is 6.61 Å². The van der Waals surface area contributed by atoms with Crippen molar-refractivity contribution in [1.82, 2.24) is 4.57 Å². The van der Waals surface area contributed by atoms with Gasteiger partial charge in [0.25, 0.3) is 11.2 Å². The number of fused-ring (bicyclic) bond motifs is 1. The predicted octanol–water partition coefficient (Wildman–Crippen LogP) is 2.25. The Morgan fingerprint density at radius 2 is 2.00 bits per heavy atom. The van der Waals surface area contributed by atoms with E-state index in [1.54, 1.807) is 18.2 Å². The van der Waals surface area contributed by atoms with E-state index in [0.717, 1.165) is 23.1 Å². The number of pyridine rings is 1. The molecule has 2 heterocycles. The zero-order valence-electron chi connectivity index (χ0n) is 13.3. The Bertz CT molecular complexity index is 1070. The molecule has 0 aliphatic carbocycles. The Balaban J connectivity index is 1.75. The third kappa shape index (κ3) is 3.57. The van der Waals surface area contributed by atoms with Gasteiger partial charge in [-0.05, 0) is 24.6 Å². The molecule has 0 N–H and O–H groups in total. The van der Waals surface area contributed by atoms with Crippen LogP contribution in [0.3, 0.4) is 0 Å². The van der Waals surface area contributed by atoms with Crippen LogP contribution in [0.2, 0.25) is 0 Å². The van der Waals surface area contributed by atoms with Crippen LogP contribution in [0.4, 0.5) is 5.69 Å². The highest BCUT2D eigenvalue weighted by Crippen LogP contribution is 2.22. The molecule has 2 aromatic heterocycles. The van der Waals surface area contributed by atoms with Crippen LogP contribution in [0, 0.1) is 17.0 Å². The van der Waals surface area contributed by atoms with Crippen molar-refractivity contribution in [2.45, 2.75) is 13.5 Å². The summed E-state index contributed by atoms with van der Waals surface area (Å²) < 4.78 is 11.9. The van der Waals surface area contributed by atoms with E-state index >= 15 is 0 Å². The Kier molecular flexibility index (Phi) is 4.34. The maximum absolute atomic E-state index is 11.7. The lowest BCUT2D eigenvalue weighted by molar-refractivity contribution is -0.385. The lowest BCUT2D eigenvalue weighted by atomic mass is 10.1. The molecule has 0 spiro atoms. The average molecular weight is 342 g/mol. The van der Waals surface area contributed by atoms with Gasteiger partial charge in [-0.15, -0.1) is 0 Å². The molecule has 0 aliphatic heterocycles. The van der Waals surface area contributed by atoms with Crippen LogP contribution < -0.4 is 15.9 Å².